The van der Waals surface area contributed by atoms with Gasteiger partial charge in [-0.25, -0.2) is 4.68 Å². The van der Waals surface area contributed by atoms with Crippen LogP contribution in [0.2, 0.25) is 0 Å². The highest BCUT2D eigenvalue weighted by Crippen LogP contribution is 2.21. The largest absolute Gasteiger partial charge is 0.497 e. The van der Waals surface area contributed by atoms with Crippen molar-refractivity contribution in [2.75, 3.05) is 24.7 Å². The van der Waals surface area contributed by atoms with Crippen LogP contribution in [0, 0.1) is 0 Å². The van der Waals surface area contributed by atoms with Crippen molar-refractivity contribution in [1.82, 2.24) is 15.1 Å². The zero-order valence-electron chi connectivity index (χ0n) is 16.0. The second-order valence-electron chi connectivity index (χ2n) is 6.10. The Bertz CT molecular complexity index is 926. The SMILES string of the molecule is COc1ccc(SCCC(=O)NCC(=O)Nc2ccc(-n3cccn3)cc2)cc1. The van der Waals surface area contributed by atoms with E-state index >= 15 is 0 Å². The van der Waals surface area contributed by atoms with Crippen LogP contribution in [0.5, 0.6) is 5.75 Å². The minimum absolute atomic E-state index is 0.0626. The van der Waals surface area contributed by atoms with Gasteiger partial charge in [-0.2, -0.15) is 5.10 Å². The molecule has 7 nitrogen and oxygen atoms in total. The molecule has 1 heterocycles. The number of aromatic nitrogens is 2. The van der Waals surface area contributed by atoms with Crippen molar-refractivity contribution in [3.05, 3.63) is 67.0 Å². The van der Waals surface area contributed by atoms with E-state index in [-0.39, 0.29) is 18.4 Å². The number of thioether (sulfide) groups is 1. The first-order chi connectivity index (χ1) is 14.1. The average molecular weight is 410 g/mol. The minimum Gasteiger partial charge on any atom is -0.497 e. The zero-order valence-corrected chi connectivity index (χ0v) is 16.8. The van der Waals surface area contributed by atoms with Crippen LogP contribution in [-0.4, -0.2) is 41.0 Å². The van der Waals surface area contributed by atoms with Gasteiger partial charge in [0.2, 0.25) is 11.8 Å². The van der Waals surface area contributed by atoms with Crippen LogP contribution in [0.1, 0.15) is 6.42 Å². The molecular formula is C21H22N4O3S. The summed E-state index contributed by atoms with van der Waals surface area (Å²) in [6.45, 7) is -0.0626. The van der Waals surface area contributed by atoms with E-state index in [1.54, 1.807) is 41.9 Å². The van der Waals surface area contributed by atoms with Gasteiger partial charge in [0.15, 0.2) is 0 Å². The number of hydrogen-bond donors (Lipinski definition) is 2. The summed E-state index contributed by atoms with van der Waals surface area (Å²) >= 11 is 1.58. The summed E-state index contributed by atoms with van der Waals surface area (Å²) in [4.78, 5) is 25.0. The smallest absolute Gasteiger partial charge is 0.243 e. The Hall–Kier alpha value is -3.26. The number of anilines is 1. The van der Waals surface area contributed by atoms with Gasteiger partial charge in [0, 0.05) is 35.2 Å². The molecule has 0 spiro atoms. The lowest BCUT2D eigenvalue weighted by Gasteiger charge is -2.08. The maximum absolute atomic E-state index is 12.0. The Morgan fingerprint density at radius 3 is 2.48 bits per heavy atom. The second kappa shape index (κ2) is 10.3. The van der Waals surface area contributed by atoms with Crippen molar-refractivity contribution < 1.29 is 14.3 Å². The summed E-state index contributed by atoms with van der Waals surface area (Å²) in [5.41, 5.74) is 1.56. The fourth-order valence-electron chi connectivity index (χ4n) is 2.53. The van der Waals surface area contributed by atoms with E-state index in [1.165, 1.54) is 0 Å². The van der Waals surface area contributed by atoms with E-state index in [4.69, 9.17) is 4.74 Å². The van der Waals surface area contributed by atoms with Gasteiger partial charge in [-0.05, 0) is 54.6 Å². The average Bonchev–Trinajstić information content (AvgIpc) is 3.28. The van der Waals surface area contributed by atoms with Gasteiger partial charge in [-0.1, -0.05) is 0 Å². The van der Waals surface area contributed by atoms with Crippen molar-refractivity contribution in [3.63, 3.8) is 0 Å². The predicted molar refractivity (Wildman–Crippen MR) is 114 cm³/mol. The quantitative estimate of drug-likeness (QED) is 0.530. The molecule has 3 aromatic rings. The fraction of sp³-hybridized carbons (Fsp3) is 0.190. The third kappa shape index (κ3) is 6.39. The number of nitrogens with one attached hydrogen (secondary N) is 2. The van der Waals surface area contributed by atoms with Crippen LogP contribution in [-0.2, 0) is 9.59 Å². The van der Waals surface area contributed by atoms with Crippen molar-refractivity contribution >= 4 is 29.3 Å². The molecule has 2 amide bonds. The number of rotatable bonds is 9. The number of ether oxygens (including phenoxy) is 1. The van der Waals surface area contributed by atoms with Gasteiger partial charge in [0.1, 0.15) is 5.75 Å². The van der Waals surface area contributed by atoms with Gasteiger partial charge >= 0.3 is 0 Å². The van der Waals surface area contributed by atoms with Crippen molar-refractivity contribution in [2.24, 2.45) is 0 Å². The normalized spacial score (nSPS) is 10.4. The molecule has 150 valence electrons. The van der Waals surface area contributed by atoms with E-state index < -0.39 is 0 Å². The topological polar surface area (TPSA) is 85.2 Å². The Labute approximate surface area is 173 Å². The highest BCUT2D eigenvalue weighted by molar-refractivity contribution is 7.99. The van der Waals surface area contributed by atoms with E-state index in [1.807, 2.05) is 48.7 Å². The monoisotopic (exact) mass is 410 g/mol. The third-order valence-corrected chi connectivity index (χ3v) is 5.04. The Morgan fingerprint density at radius 2 is 1.83 bits per heavy atom. The first kappa shape index (κ1) is 20.5. The van der Waals surface area contributed by atoms with Crippen molar-refractivity contribution in [2.45, 2.75) is 11.3 Å². The van der Waals surface area contributed by atoms with Crippen LogP contribution in [0.3, 0.4) is 0 Å². The number of carbonyl (C=O) groups is 2. The van der Waals surface area contributed by atoms with Crippen LogP contribution in [0.25, 0.3) is 5.69 Å². The highest BCUT2D eigenvalue weighted by Gasteiger charge is 2.07. The molecule has 0 aliphatic rings. The molecule has 0 aliphatic heterocycles. The molecule has 0 fully saturated rings. The number of carbonyl (C=O) groups excluding carboxylic acids is 2. The molecule has 0 unspecified atom stereocenters. The number of benzene rings is 2. The molecule has 3 rings (SSSR count). The van der Waals surface area contributed by atoms with Crippen LogP contribution < -0.4 is 15.4 Å². The number of nitrogens with zero attached hydrogens (tertiary/aromatic N) is 2. The van der Waals surface area contributed by atoms with Gasteiger partial charge in [-0.3, -0.25) is 9.59 Å². The Morgan fingerprint density at radius 1 is 1.07 bits per heavy atom. The summed E-state index contributed by atoms with van der Waals surface area (Å²) in [7, 11) is 1.62. The summed E-state index contributed by atoms with van der Waals surface area (Å²) in [6.07, 6.45) is 3.88. The Kier molecular flexibility index (Phi) is 7.29. The minimum atomic E-state index is -0.270. The molecule has 1 aromatic heterocycles. The fourth-order valence-corrected chi connectivity index (χ4v) is 3.38. The Balaban J connectivity index is 1.35. The van der Waals surface area contributed by atoms with Crippen LogP contribution in [0.15, 0.2) is 71.9 Å². The third-order valence-electron chi connectivity index (χ3n) is 4.02. The summed E-state index contributed by atoms with van der Waals surface area (Å²) in [5, 5.41) is 9.56. The maximum Gasteiger partial charge on any atom is 0.243 e. The van der Waals surface area contributed by atoms with Gasteiger partial charge < -0.3 is 15.4 Å². The van der Waals surface area contributed by atoms with Gasteiger partial charge in [0.25, 0.3) is 0 Å². The first-order valence-corrected chi connectivity index (χ1v) is 10.1. The van der Waals surface area contributed by atoms with Crippen LogP contribution in [0.4, 0.5) is 5.69 Å². The molecule has 8 heteroatoms. The molecule has 0 atom stereocenters. The van der Waals surface area contributed by atoms with E-state index in [2.05, 4.69) is 15.7 Å². The van der Waals surface area contributed by atoms with E-state index in [0.29, 0.717) is 17.9 Å². The lowest BCUT2D eigenvalue weighted by Crippen LogP contribution is -2.33. The van der Waals surface area contributed by atoms with Gasteiger partial charge in [-0.15, -0.1) is 11.8 Å². The van der Waals surface area contributed by atoms with E-state index in [0.717, 1.165) is 16.3 Å². The highest BCUT2D eigenvalue weighted by atomic mass is 32.2. The number of methoxy groups -OCH3 is 1. The standard InChI is InChI=1S/C21H22N4O3S/c1-28-18-7-9-19(10-8-18)29-14-11-20(26)22-15-21(27)24-16-3-5-17(6-4-16)25-13-2-12-23-25/h2-10,12-13H,11,14-15H2,1H3,(H,22,26)(H,24,27). The summed E-state index contributed by atoms with van der Waals surface area (Å²) < 4.78 is 6.85. The molecule has 0 aliphatic carbocycles. The molecule has 0 radical (unpaired) electrons. The summed E-state index contributed by atoms with van der Waals surface area (Å²) in [6, 6.07) is 16.8. The first-order valence-electron chi connectivity index (χ1n) is 9.07. The van der Waals surface area contributed by atoms with Crippen LogP contribution >= 0.6 is 11.8 Å². The molecule has 2 aromatic carbocycles. The van der Waals surface area contributed by atoms with Gasteiger partial charge in [0.05, 0.1) is 19.3 Å². The molecule has 0 bridgehead atoms. The molecule has 29 heavy (non-hydrogen) atoms. The predicted octanol–water partition coefficient (Wildman–Crippen LogP) is 3.12. The number of amides is 2. The molecule has 2 N–H and O–H groups in total. The molecule has 0 saturated heterocycles. The lowest BCUT2D eigenvalue weighted by molar-refractivity contribution is -0.123. The lowest BCUT2D eigenvalue weighted by atomic mass is 10.3. The zero-order chi connectivity index (χ0) is 20.5. The second-order valence-corrected chi connectivity index (χ2v) is 7.26. The molecule has 0 saturated carbocycles. The van der Waals surface area contributed by atoms with Crippen molar-refractivity contribution in [1.29, 1.82) is 0 Å². The van der Waals surface area contributed by atoms with Crippen molar-refractivity contribution in [3.8, 4) is 11.4 Å². The maximum atomic E-state index is 12.0. The number of hydrogen-bond acceptors (Lipinski definition) is 5. The molecular weight excluding hydrogens is 388 g/mol. The van der Waals surface area contributed by atoms with E-state index in [9.17, 15) is 9.59 Å². The summed E-state index contributed by atoms with van der Waals surface area (Å²) in [5.74, 6) is 1.01.